The monoisotopic (exact) mass is 290 g/mol. The summed E-state index contributed by atoms with van der Waals surface area (Å²) in [5, 5.41) is 10.2. The number of aromatic nitrogens is 2. The number of anilines is 2. The molecule has 2 heterocycles. The zero-order chi connectivity index (χ0) is 14.0. The van der Waals surface area contributed by atoms with Crippen molar-refractivity contribution in [2.45, 2.75) is 51.5 Å². The predicted octanol–water partition coefficient (Wildman–Crippen LogP) is 4.26. The Labute approximate surface area is 124 Å². The molecular weight excluding hydrogens is 268 g/mol. The molecule has 0 atom stereocenters. The second-order valence-corrected chi connectivity index (χ2v) is 6.47. The number of thiophene rings is 1. The first kappa shape index (κ1) is 13.6. The van der Waals surface area contributed by atoms with E-state index in [1.54, 1.807) is 11.3 Å². The first-order chi connectivity index (χ1) is 9.76. The fourth-order valence-corrected chi connectivity index (χ4v) is 3.45. The van der Waals surface area contributed by atoms with Gasteiger partial charge in [-0.3, -0.25) is 0 Å². The van der Waals surface area contributed by atoms with E-state index in [1.807, 2.05) is 0 Å². The summed E-state index contributed by atoms with van der Waals surface area (Å²) in [4.78, 5) is 10.3. The largest absolute Gasteiger partial charge is 0.364 e. The molecule has 0 aromatic carbocycles. The Kier molecular flexibility index (Phi) is 3.78. The summed E-state index contributed by atoms with van der Waals surface area (Å²) in [6, 6.07) is 2.12. The highest BCUT2D eigenvalue weighted by Crippen LogP contribution is 2.39. The molecule has 5 heteroatoms. The van der Waals surface area contributed by atoms with E-state index in [4.69, 9.17) is 4.98 Å². The van der Waals surface area contributed by atoms with E-state index in [0.717, 1.165) is 41.4 Å². The second kappa shape index (κ2) is 5.56. The Morgan fingerprint density at radius 3 is 2.80 bits per heavy atom. The van der Waals surface area contributed by atoms with Crippen molar-refractivity contribution in [3.05, 3.63) is 11.4 Å². The normalized spacial score (nSPS) is 16.9. The van der Waals surface area contributed by atoms with Crippen molar-refractivity contribution in [1.29, 1.82) is 0 Å². The molecule has 0 spiro atoms. The lowest BCUT2D eigenvalue weighted by atomic mass is 9.75. The highest BCUT2D eigenvalue weighted by molar-refractivity contribution is 7.16. The number of rotatable bonds is 6. The van der Waals surface area contributed by atoms with E-state index in [2.05, 4.69) is 40.9 Å². The minimum Gasteiger partial charge on any atom is -0.364 e. The maximum atomic E-state index is 4.70. The predicted molar refractivity (Wildman–Crippen MR) is 86.7 cm³/mol. The molecule has 1 saturated carbocycles. The number of nitrogens with zero attached hydrogens (tertiary/aromatic N) is 2. The van der Waals surface area contributed by atoms with Gasteiger partial charge in [-0.25, -0.2) is 4.98 Å². The van der Waals surface area contributed by atoms with Crippen LogP contribution in [-0.2, 0) is 0 Å². The summed E-state index contributed by atoms with van der Waals surface area (Å²) in [7, 11) is 0. The van der Waals surface area contributed by atoms with E-state index < -0.39 is 0 Å². The molecule has 20 heavy (non-hydrogen) atoms. The molecule has 1 aliphatic rings. The van der Waals surface area contributed by atoms with Gasteiger partial charge >= 0.3 is 0 Å². The van der Waals surface area contributed by atoms with Crippen LogP contribution in [0.15, 0.2) is 11.4 Å². The van der Waals surface area contributed by atoms with Gasteiger partial charge in [-0.1, -0.05) is 13.8 Å². The van der Waals surface area contributed by atoms with E-state index in [1.165, 1.54) is 19.3 Å². The van der Waals surface area contributed by atoms with Crippen LogP contribution in [-0.4, -0.2) is 22.1 Å². The summed E-state index contributed by atoms with van der Waals surface area (Å²) < 4.78 is 0. The molecule has 0 radical (unpaired) electrons. The van der Waals surface area contributed by atoms with Gasteiger partial charge in [0.2, 0.25) is 5.95 Å². The number of hydrogen-bond donors (Lipinski definition) is 2. The summed E-state index contributed by atoms with van der Waals surface area (Å²) in [6.07, 6.45) is 6.04. The highest BCUT2D eigenvalue weighted by atomic mass is 32.1. The van der Waals surface area contributed by atoms with Crippen molar-refractivity contribution < 1.29 is 0 Å². The van der Waals surface area contributed by atoms with Crippen molar-refractivity contribution in [2.24, 2.45) is 0 Å². The number of nitrogens with one attached hydrogen (secondary N) is 2. The van der Waals surface area contributed by atoms with Crippen LogP contribution >= 0.6 is 11.3 Å². The van der Waals surface area contributed by atoms with Gasteiger partial charge in [-0.05, 0) is 43.6 Å². The van der Waals surface area contributed by atoms with Crippen molar-refractivity contribution in [3.63, 3.8) is 0 Å². The fraction of sp³-hybridized carbons (Fsp3) is 0.600. The maximum Gasteiger partial charge on any atom is 0.226 e. The first-order valence-electron chi connectivity index (χ1n) is 7.53. The Hall–Kier alpha value is -1.36. The summed E-state index contributed by atoms with van der Waals surface area (Å²) >= 11 is 1.68. The summed E-state index contributed by atoms with van der Waals surface area (Å²) in [6.45, 7) is 5.32. The lowest BCUT2D eigenvalue weighted by molar-refractivity contribution is 0.269. The molecule has 108 valence electrons. The summed E-state index contributed by atoms with van der Waals surface area (Å²) in [5.41, 5.74) is 0.255. The third-order valence-corrected chi connectivity index (χ3v) is 5.04. The zero-order valence-corrected chi connectivity index (χ0v) is 13.0. The molecule has 2 N–H and O–H groups in total. The molecule has 0 saturated heterocycles. The van der Waals surface area contributed by atoms with Crippen molar-refractivity contribution >= 4 is 33.3 Å². The van der Waals surface area contributed by atoms with Gasteiger partial charge in [0.1, 0.15) is 10.6 Å². The van der Waals surface area contributed by atoms with Gasteiger partial charge in [0.15, 0.2) is 0 Å². The smallest absolute Gasteiger partial charge is 0.226 e. The van der Waals surface area contributed by atoms with Crippen LogP contribution in [0.3, 0.4) is 0 Å². The van der Waals surface area contributed by atoms with E-state index >= 15 is 0 Å². The van der Waals surface area contributed by atoms with Gasteiger partial charge < -0.3 is 10.6 Å². The van der Waals surface area contributed by atoms with Crippen molar-refractivity contribution in [3.8, 4) is 0 Å². The Morgan fingerprint density at radius 2 is 2.15 bits per heavy atom. The molecule has 1 aliphatic carbocycles. The van der Waals surface area contributed by atoms with Crippen LogP contribution in [0.1, 0.15) is 46.0 Å². The van der Waals surface area contributed by atoms with E-state index in [9.17, 15) is 0 Å². The van der Waals surface area contributed by atoms with Crippen LogP contribution in [0.25, 0.3) is 10.2 Å². The topological polar surface area (TPSA) is 49.8 Å². The first-order valence-corrected chi connectivity index (χ1v) is 8.41. The SMILES string of the molecule is CCCNc1nc(NC2(CC)CCC2)c2ccsc2n1. The van der Waals surface area contributed by atoms with Crippen LogP contribution < -0.4 is 10.6 Å². The Balaban J connectivity index is 1.92. The van der Waals surface area contributed by atoms with Gasteiger partial charge in [-0.15, -0.1) is 11.3 Å². The van der Waals surface area contributed by atoms with Gasteiger partial charge in [0.05, 0.1) is 5.39 Å². The molecule has 3 rings (SSSR count). The molecule has 0 aliphatic heterocycles. The molecule has 0 unspecified atom stereocenters. The van der Waals surface area contributed by atoms with E-state index in [-0.39, 0.29) is 5.54 Å². The molecule has 0 bridgehead atoms. The average molecular weight is 290 g/mol. The number of fused-ring (bicyclic) bond motifs is 1. The third-order valence-electron chi connectivity index (χ3n) is 4.23. The van der Waals surface area contributed by atoms with Crippen molar-refractivity contribution in [2.75, 3.05) is 17.2 Å². The van der Waals surface area contributed by atoms with Crippen LogP contribution in [0.5, 0.6) is 0 Å². The van der Waals surface area contributed by atoms with Gasteiger partial charge in [0.25, 0.3) is 0 Å². The van der Waals surface area contributed by atoms with Crippen LogP contribution in [0.2, 0.25) is 0 Å². The standard InChI is InChI=1S/C15H22N4S/c1-3-9-16-14-17-12(11-6-10-20-13(11)18-14)19-15(4-2)7-5-8-15/h6,10H,3-5,7-9H2,1-2H3,(H2,16,17,18,19). The van der Waals surface area contributed by atoms with Gasteiger partial charge in [0, 0.05) is 12.1 Å². The van der Waals surface area contributed by atoms with Crippen LogP contribution in [0.4, 0.5) is 11.8 Å². The second-order valence-electron chi connectivity index (χ2n) is 5.57. The van der Waals surface area contributed by atoms with Crippen molar-refractivity contribution in [1.82, 2.24) is 9.97 Å². The Morgan fingerprint density at radius 1 is 1.30 bits per heavy atom. The zero-order valence-electron chi connectivity index (χ0n) is 12.2. The minimum atomic E-state index is 0.255. The van der Waals surface area contributed by atoms with E-state index in [0.29, 0.717) is 0 Å². The van der Waals surface area contributed by atoms with Gasteiger partial charge in [-0.2, -0.15) is 4.98 Å². The average Bonchev–Trinajstić information content (AvgIpc) is 2.88. The third kappa shape index (κ3) is 2.46. The van der Waals surface area contributed by atoms with Crippen LogP contribution in [0, 0.1) is 0 Å². The molecule has 0 amide bonds. The minimum absolute atomic E-state index is 0.255. The number of hydrogen-bond acceptors (Lipinski definition) is 5. The lowest BCUT2D eigenvalue weighted by Gasteiger charge is -2.42. The molecule has 1 fully saturated rings. The maximum absolute atomic E-state index is 4.70. The molecule has 2 aromatic heterocycles. The molecule has 2 aromatic rings. The Bertz CT molecular complexity index is 583. The highest BCUT2D eigenvalue weighted by Gasteiger charge is 2.35. The summed E-state index contributed by atoms with van der Waals surface area (Å²) in [5.74, 6) is 1.74. The fourth-order valence-electron chi connectivity index (χ4n) is 2.69. The quantitative estimate of drug-likeness (QED) is 0.834. The molecular formula is C15H22N4S. The molecule has 4 nitrogen and oxygen atoms in total. The lowest BCUT2D eigenvalue weighted by Crippen LogP contribution is -2.44.